The smallest absolute Gasteiger partial charge is 0.227 e. The van der Waals surface area contributed by atoms with Crippen molar-refractivity contribution in [2.45, 2.75) is 32.7 Å². The molecule has 0 fully saturated rings. The molecule has 1 aliphatic rings. The minimum atomic E-state index is -0.239. The lowest BCUT2D eigenvalue weighted by Gasteiger charge is -2.40. The van der Waals surface area contributed by atoms with Crippen LogP contribution in [0, 0.1) is 6.92 Å². The number of rotatable bonds is 2. The molecule has 2 aromatic heterocycles. The minimum absolute atomic E-state index is 0.239. The SMILES string of the molecule is CCC1=CC(C)(c2c(C)ccc3c2oc2ncccc23)N(C)C=C1. The number of pyridine rings is 1. The molecule has 0 N–H and O–H groups in total. The molecular formula is C21H22N2O. The van der Waals surface area contributed by atoms with Gasteiger partial charge < -0.3 is 9.32 Å². The molecule has 0 spiro atoms. The molecule has 1 unspecified atom stereocenters. The fraction of sp³-hybridized carbons (Fsp3) is 0.286. The molecule has 4 rings (SSSR count). The Morgan fingerprint density at radius 3 is 2.83 bits per heavy atom. The fourth-order valence-corrected chi connectivity index (χ4v) is 3.74. The van der Waals surface area contributed by atoms with Gasteiger partial charge >= 0.3 is 0 Å². The number of benzene rings is 1. The molecule has 3 aromatic rings. The lowest BCUT2D eigenvalue weighted by atomic mass is 9.82. The van der Waals surface area contributed by atoms with Crippen LogP contribution in [0.15, 0.2) is 58.8 Å². The van der Waals surface area contributed by atoms with Gasteiger partial charge in [0.25, 0.3) is 0 Å². The lowest BCUT2D eigenvalue weighted by Crippen LogP contribution is -2.38. The van der Waals surface area contributed by atoms with E-state index >= 15 is 0 Å². The zero-order chi connectivity index (χ0) is 16.9. The predicted octanol–water partition coefficient (Wildman–Crippen LogP) is 5.30. The molecule has 1 aromatic carbocycles. The number of fused-ring (bicyclic) bond motifs is 3. The summed E-state index contributed by atoms with van der Waals surface area (Å²) in [5.74, 6) is 0. The highest BCUT2D eigenvalue weighted by atomic mass is 16.3. The van der Waals surface area contributed by atoms with Gasteiger partial charge in [-0.2, -0.15) is 0 Å². The van der Waals surface area contributed by atoms with E-state index < -0.39 is 0 Å². The highest BCUT2D eigenvalue weighted by Gasteiger charge is 2.34. The average molecular weight is 318 g/mol. The summed E-state index contributed by atoms with van der Waals surface area (Å²) < 4.78 is 6.21. The standard InChI is InChI=1S/C21H22N2O/c1-5-15-10-12-23(4)21(3,13-15)18-14(2)8-9-16-17-7-6-11-22-20(17)24-19(16)18/h6-13H,5H2,1-4H3. The van der Waals surface area contributed by atoms with Crippen LogP contribution in [0.3, 0.4) is 0 Å². The van der Waals surface area contributed by atoms with Crippen molar-refractivity contribution >= 4 is 22.1 Å². The third kappa shape index (κ3) is 2.01. The molecule has 0 amide bonds. The van der Waals surface area contributed by atoms with E-state index in [0.717, 1.165) is 22.8 Å². The van der Waals surface area contributed by atoms with Crippen LogP contribution in [0.25, 0.3) is 22.1 Å². The van der Waals surface area contributed by atoms with Crippen molar-refractivity contribution in [1.29, 1.82) is 0 Å². The van der Waals surface area contributed by atoms with Crippen LogP contribution in [-0.4, -0.2) is 16.9 Å². The summed E-state index contributed by atoms with van der Waals surface area (Å²) in [6.45, 7) is 6.61. The number of hydrogen-bond donors (Lipinski definition) is 0. The number of allylic oxidation sites excluding steroid dienone is 2. The maximum absolute atomic E-state index is 6.21. The molecule has 0 radical (unpaired) electrons. The van der Waals surface area contributed by atoms with Crippen LogP contribution in [0.5, 0.6) is 0 Å². The highest BCUT2D eigenvalue weighted by Crippen LogP contribution is 2.42. The molecule has 3 heterocycles. The molecule has 0 aliphatic carbocycles. The first kappa shape index (κ1) is 15.0. The van der Waals surface area contributed by atoms with Gasteiger partial charge in [-0.1, -0.05) is 25.1 Å². The van der Waals surface area contributed by atoms with Crippen molar-refractivity contribution in [3.05, 3.63) is 65.5 Å². The summed E-state index contributed by atoms with van der Waals surface area (Å²) in [6.07, 6.45) is 9.52. The summed E-state index contributed by atoms with van der Waals surface area (Å²) in [6, 6.07) is 8.38. The van der Waals surface area contributed by atoms with Gasteiger partial charge in [-0.05, 0) is 49.6 Å². The van der Waals surface area contributed by atoms with Crippen molar-refractivity contribution < 1.29 is 4.42 Å². The van der Waals surface area contributed by atoms with E-state index in [9.17, 15) is 0 Å². The Balaban J connectivity index is 2.07. The maximum Gasteiger partial charge on any atom is 0.227 e. The first-order chi connectivity index (χ1) is 11.5. The van der Waals surface area contributed by atoms with Crippen molar-refractivity contribution in [2.75, 3.05) is 7.05 Å². The van der Waals surface area contributed by atoms with Crippen molar-refractivity contribution in [3.63, 3.8) is 0 Å². The van der Waals surface area contributed by atoms with E-state index in [0.29, 0.717) is 5.71 Å². The number of likely N-dealkylation sites (N-methyl/N-ethyl adjacent to an activating group) is 1. The highest BCUT2D eigenvalue weighted by molar-refractivity contribution is 6.05. The number of aromatic nitrogens is 1. The van der Waals surface area contributed by atoms with Crippen molar-refractivity contribution in [1.82, 2.24) is 9.88 Å². The van der Waals surface area contributed by atoms with Crippen LogP contribution >= 0.6 is 0 Å². The summed E-state index contributed by atoms with van der Waals surface area (Å²) in [5, 5.41) is 2.21. The summed E-state index contributed by atoms with van der Waals surface area (Å²) in [5.41, 5.74) is 5.21. The van der Waals surface area contributed by atoms with Crippen LogP contribution in [0.4, 0.5) is 0 Å². The molecule has 24 heavy (non-hydrogen) atoms. The maximum atomic E-state index is 6.21. The van der Waals surface area contributed by atoms with E-state index in [2.05, 4.69) is 74.3 Å². The van der Waals surface area contributed by atoms with Gasteiger partial charge in [0.15, 0.2) is 0 Å². The Hall–Kier alpha value is -2.55. The Labute approximate surface area is 142 Å². The number of hydrogen-bond acceptors (Lipinski definition) is 3. The van der Waals surface area contributed by atoms with Crippen LogP contribution in [-0.2, 0) is 5.54 Å². The van der Waals surface area contributed by atoms with E-state index in [1.807, 2.05) is 6.07 Å². The van der Waals surface area contributed by atoms with Crippen LogP contribution in [0.1, 0.15) is 31.4 Å². The second-order valence-corrected chi connectivity index (χ2v) is 6.74. The van der Waals surface area contributed by atoms with Crippen LogP contribution < -0.4 is 0 Å². The molecule has 3 nitrogen and oxygen atoms in total. The molecule has 1 aliphatic heterocycles. The zero-order valence-corrected chi connectivity index (χ0v) is 14.6. The quantitative estimate of drug-likeness (QED) is 0.642. The zero-order valence-electron chi connectivity index (χ0n) is 14.6. The molecule has 0 bridgehead atoms. The van der Waals surface area contributed by atoms with E-state index in [1.165, 1.54) is 16.7 Å². The van der Waals surface area contributed by atoms with Gasteiger partial charge in [0, 0.05) is 35.8 Å². The largest absolute Gasteiger partial charge is 0.437 e. The van der Waals surface area contributed by atoms with Gasteiger partial charge in [0.2, 0.25) is 5.71 Å². The molecule has 122 valence electrons. The molecule has 0 saturated heterocycles. The monoisotopic (exact) mass is 318 g/mol. The first-order valence-corrected chi connectivity index (χ1v) is 8.45. The fourth-order valence-electron chi connectivity index (χ4n) is 3.74. The Morgan fingerprint density at radius 2 is 2.04 bits per heavy atom. The third-order valence-electron chi connectivity index (χ3n) is 5.25. The summed E-state index contributed by atoms with van der Waals surface area (Å²) >= 11 is 0. The number of nitrogens with zero attached hydrogens (tertiary/aromatic N) is 2. The topological polar surface area (TPSA) is 29.3 Å². The Morgan fingerprint density at radius 1 is 1.21 bits per heavy atom. The lowest BCUT2D eigenvalue weighted by molar-refractivity contribution is 0.258. The number of aryl methyl sites for hydroxylation is 1. The van der Waals surface area contributed by atoms with E-state index in [4.69, 9.17) is 4.42 Å². The molecular weight excluding hydrogens is 296 g/mol. The van der Waals surface area contributed by atoms with E-state index in [1.54, 1.807) is 6.20 Å². The Bertz CT molecular complexity index is 996. The average Bonchev–Trinajstić information content (AvgIpc) is 2.95. The molecule has 0 saturated carbocycles. The predicted molar refractivity (Wildman–Crippen MR) is 98.9 cm³/mol. The van der Waals surface area contributed by atoms with Crippen molar-refractivity contribution in [2.24, 2.45) is 0 Å². The first-order valence-electron chi connectivity index (χ1n) is 8.45. The van der Waals surface area contributed by atoms with Gasteiger partial charge in [0.05, 0.1) is 5.54 Å². The third-order valence-corrected chi connectivity index (χ3v) is 5.25. The molecule has 1 atom stereocenters. The minimum Gasteiger partial charge on any atom is -0.437 e. The van der Waals surface area contributed by atoms with Gasteiger partial charge in [-0.15, -0.1) is 0 Å². The normalized spacial score (nSPS) is 20.8. The van der Waals surface area contributed by atoms with Crippen LogP contribution in [0.2, 0.25) is 0 Å². The summed E-state index contributed by atoms with van der Waals surface area (Å²) in [7, 11) is 2.12. The number of furan rings is 1. The van der Waals surface area contributed by atoms with Gasteiger partial charge in [-0.25, -0.2) is 4.98 Å². The van der Waals surface area contributed by atoms with Gasteiger partial charge in [-0.3, -0.25) is 0 Å². The van der Waals surface area contributed by atoms with Gasteiger partial charge in [0.1, 0.15) is 5.58 Å². The summed E-state index contributed by atoms with van der Waals surface area (Å²) in [4.78, 5) is 6.66. The second kappa shape index (κ2) is 5.23. The van der Waals surface area contributed by atoms with E-state index in [-0.39, 0.29) is 5.54 Å². The second-order valence-electron chi connectivity index (χ2n) is 6.74. The molecule has 3 heteroatoms. The van der Waals surface area contributed by atoms with Crippen molar-refractivity contribution in [3.8, 4) is 0 Å². The Kier molecular flexibility index (Phi) is 3.27.